The fourth-order valence-electron chi connectivity index (χ4n) is 2.66. The van der Waals surface area contributed by atoms with Gasteiger partial charge in [0.15, 0.2) is 6.61 Å². The quantitative estimate of drug-likeness (QED) is 0.589. The van der Waals surface area contributed by atoms with Crippen LogP contribution < -0.4 is 10.1 Å². The summed E-state index contributed by atoms with van der Waals surface area (Å²) in [7, 11) is 0. The van der Waals surface area contributed by atoms with Crippen molar-refractivity contribution >= 4 is 35.0 Å². The van der Waals surface area contributed by atoms with Crippen LogP contribution in [-0.4, -0.2) is 35.4 Å². The topological polar surface area (TPSA) is 58.6 Å². The van der Waals surface area contributed by atoms with Gasteiger partial charge in [-0.1, -0.05) is 36.2 Å². The monoisotopic (exact) mass is 454 g/mol. The number of hydrogen-bond acceptors (Lipinski definition) is 3. The molecule has 0 unspecified atom stereocenters. The van der Waals surface area contributed by atoms with Gasteiger partial charge in [0.05, 0.1) is 0 Å². The van der Waals surface area contributed by atoms with Crippen LogP contribution in [0.4, 0.5) is 4.39 Å². The molecule has 0 saturated heterocycles. The molecule has 1 N–H and O–H groups in total. The SMILES string of the molecule is CC[C@@H](C)NC(=O)[C@H](C)N(Cc1c(Cl)cccc1Cl)C(=O)COc1ccc(F)cc1. The summed E-state index contributed by atoms with van der Waals surface area (Å²) in [5, 5.41) is 3.67. The highest BCUT2D eigenvalue weighted by Crippen LogP contribution is 2.26. The molecule has 8 heteroatoms. The average molecular weight is 455 g/mol. The highest BCUT2D eigenvalue weighted by molar-refractivity contribution is 6.36. The number of benzene rings is 2. The zero-order chi connectivity index (χ0) is 22.3. The number of nitrogens with zero attached hydrogens (tertiary/aromatic N) is 1. The second-order valence-corrected chi connectivity index (χ2v) is 7.77. The molecule has 0 bridgehead atoms. The standard InChI is InChI=1S/C22H25Cl2FN2O3/c1-4-14(2)26-22(29)15(3)27(12-18-19(23)6-5-7-20(18)24)21(28)13-30-17-10-8-16(25)9-11-17/h5-11,14-15H,4,12-13H2,1-3H3,(H,26,29)/t14-,15+/m1/s1. The first-order chi connectivity index (χ1) is 14.2. The number of amides is 2. The maximum Gasteiger partial charge on any atom is 0.261 e. The van der Waals surface area contributed by atoms with E-state index in [9.17, 15) is 14.0 Å². The third-order valence-electron chi connectivity index (χ3n) is 4.73. The van der Waals surface area contributed by atoms with Crippen molar-refractivity contribution in [2.24, 2.45) is 0 Å². The van der Waals surface area contributed by atoms with Crippen LogP contribution in [0.15, 0.2) is 42.5 Å². The number of ether oxygens (including phenoxy) is 1. The largest absolute Gasteiger partial charge is 0.484 e. The number of nitrogens with one attached hydrogen (secondary N) is 1. The first-order valence-corrected chi connectivity index (χ1v) is 10.4. The van der Waals surface area contributed by atoms with E-state index in [2.05, 4.69) is 5.32 Å². The van der Waals surface area contributed by atoms with E-state index in [4.69, 9.17) is 27.9 Å². The van der Waals surface area contributed by atoms with Crippen LogP contribution in [0.25, 0.3) is 0 Å². The maximum absolute atomic E-state index is 13.1. The Morgan fingerprint density at radius 1 is 1.10 bits per heavy atom. The van der Waals surface area contributed by atoms with Gasteiger partial charge in [0.1, 0.15) is 17.6 Å². The van der Waals surface area contributed by atoms with E-state index < -0.39 is 17.8 Å². The second-order valence-electron chi connectivity index (χ2n) is 6.96. The van der Waals surface area contributed by atoms with Crippen LogP contribution in [0.2, 0.25) is 10.0 Å². The Morgan fingerprint density at radius 3 is 2.27 bits per heavy atom. The Morgan fingerprint density at radius 2 is 1.70 bits per heavy atom. The van der Waals surface area contributed by atoms with Crippen LogP contribution in [0.3, 0.4) is 0 Å². The van der Waals surface area contributed by atoms with Crippen molar-refractivity contribution in [3.05, 3.63) is 63.9 Å². The Hall–Kier alpha value is -2.31. The van der Waals surface area contributed by atoms with Crippen molar-refractivity contribution < 1.29 is 18.7 Å². The summed E-state index contributed by atoms with van der Waals surface area (Å²) in [5.74, 6) is -0.777. The van der Waals surface area contributed by atoms with E-state index in [1.165, 1.54) is 29.2 Å². The number of halogens is 3. The Labute approximate surface area is 186 Å². The van der Waals surface area contributed by atoms with Gasteiger partial charge in [0.25, 0.3) is 5.91 Å². The van der Waals surface area contributed by atoms with Crippen LogP contribution in [0.1, 0.15) is 32.8 Å². The van der Waals surface area contributed by atoms with Crippen molar-refractivity contribution in [2.45, 2.75) is 45.8 Å². The Bertz CT molecular complexity index is 857. The van der Waals surface area contributed by atoms with E-state index in [0.29, 0.717) is 21.4 Å². The molecule has 2 atom stereocenters. The summed E-state index contributed by atoms with van der Waals surface area (Å²) in [6.45, 7) is 5.20. The van der Waals surface area contributed by atoms with Gasteiger partial charge >= 0.3 is 0 Å². The lowest BCUT2D eigenvalue weighted by Crippen LogP contribution is -2.50. The predicted octanol–water partition coefficient (Wildman–Crippen LogP) is 4.84. The van der Waals surface area contributed by atoms with Crippen LogP contribution in [-0.2, 0) is 16.1 Å². The molecule has 0 aliphatic carbocycles. The molecule has 162 valence electrons. The zero-order valence-corrected chi connectivity index (χ0v) is 18.6. The zero-order valence-electron chi connectivity index (χ0n) is 17.1. The summed E-state index contributed by atoms with van der Waals surface area (Å²) in [6.07, 6.45) is 0.760. The number of carbonyl (C=O) groups excluding carboxylic acids is 2. The van der Waals surface area contributed by atoms with Crippen LogP contribution in [0.5, 0.6) is 5.75 Å². The molecule has 2 amide bonds. The maximum atomic E-state index is 13.1. The van der Waals surface area contributed by atoms with Gasteiger partial charge in [-0.3, -0.25) is 9.59 Å². The van der Waals surface area contributed by atoms with Crippen LogP contribution in [0, 0.1) is 5.82 Å². The van der Waals surface area contributed by atoms with Gasteiger partial charge in [0, 0.05) is 28.2 Å². The molecule has 0 fully saturated rings. The lowest BCUT2D eigenvalue weighted by atomic mass is 10.1. The molecule has 0 aliphatic rings. The number of rotatable bonds is 9. The van der Waals surface area contributed by atoms with Crippen molar-refractivity contribution in [2.75, 3.05) is 6.61 Å². The third kappa shape index (κ3) is 6.61. The fourth-order valence-corrected chi connectivity index (χ4v) is 3.18. The molecule has 0 aliphatic heterocycles. The summed E-state index contributed by atoms with van der Waals surface area (Å²) >= 11 is 12.5. The molecule has 0 spiro atoms. The molecule has 0 aromatic heterocycles. The normalized spacial score (nSPS) is 12.7. The van der Waals surface area contributed by atoms with Crippen LogP contribution >= 0.6 is 23.2 Å². The fraction of sp³-hybridized carbons (Fsp3) is 0.364. The summed E-state index contributed by atoms with van der Waals surface area (Å²) in [5.41, 5.74) is 0.541. The number of hydrogen-bond donors (Lipinski definition) is 1. The van der Waals surface area contributed by atoms with E-state index >= 15 is 0 Å². The van der Waals surface area contributed by atoms with Crippen molar-refractivity contribution in [1.82, 2.24) is 10.2 Å². The summed E-state index contributed by atoms with van der Waals surface area (Å²) in [6, 6.07) is 9.57. The number of carbonyl (C=O) groups is 2. The van der Waals surface area contributed by atoms with Crippen molar-refractivity contribution in [3.8, 4) is 5.75 Å². The smallest absolute Gasteiger partial charge is 0.261 e. The van der Waals surface area contributed by atoms with E-state index in [1.807, 2.05) is 13.8 Å². The molecular formula is C22H25Cl2FN2O3. The van der Waals surface area contributed by atoms with E-state index in [-0.39, 0.29) is 25.1 Å². The molecule has 2 aromatic rings. The third-order valence-corrected chi connectivity index (χ3v) is 5.44. The van der Waals surface area contributed by atoms with Gasteiger partial charge < -0.3 is 15.0 Å². The highest BCUT2D eigenvalue weighted by atomic mass is 35.5. The molecule has 0 radical (unpaired) electrons. The lowest BCUT2D eigenvalue weighted by molar-refractivity contribution is -0.142. The Kier molecular flexibility index (Phi) is 8.93. The highest BCUT2D eigenvalue weighted by Gasteiger charge is 2.28. The predicted molar refractivity (Wildman–Crippen MR) is 116 cm³/mol. The molecule has 0 heterocycles. The molecule has 2 aromatic carbocycles. The first kappa shape index (κ1) is 24.0. The van der Waals surface area contributed by atoms with E-state index in [0.717, 1.165) is 6.42 Å². The van der Waals surface area contributed by atoms with Gasteiger partial charge in [-0.15, -0.1) is 0 Å². The van der Waals surface area contributed by atoms with E-state index in [1.54, 1.807) is 25.1 Å². The van der Waals surface area contributed by atoms with Crippen molar-refractivity contribution in [1.29, 1.82) is 0 Å². The lowest BCUT2D eigenvalue weighted by Gasteiger charge is -2.30. The summed E-state index contributed by atoms with van der Waals surface area (Å²) in [4.78, 5) is 27.0. The molecule has 5 nitrogen and oxygen atoms in total. The van der Waals surface area contributed by atoms with Gasteiger partial charge in [-0.2, -0.15) is 0 Å². The minimum absolute atomic E-state index is 0.0312. The average Bonchev–Trinajstić information content (AvgIpc) is 2.72. The molecule has 0 saturated carbocycles. The minimum atomic E-state index is -0.782. The molecule has 2 rings (SSSR count). The minimum Gasteiger partial charge on any atom is -0.484 e. The van der Waals surface area contributed by atoms with Gasteiger partial charge in [0.2, 0.25) is 5.91 Å². The second kappa shape index (κ2) is 11.2. The van der Waals surface area contributed by atoms with Gasteiger partial charge in [-0.25, -0.2) is 4.39 Å². The van der Waals surface area contributed by atoms with Gasteiger partial charge in [-0.05, 0) is 56.7 Å². The molecule has 30 heavy (non-hydrogen) atoms. The first-order valence-electron chi connectivity index (χ1n) is 9.64. The Balaban J connectivity index is 2.21. The summed E-state index contributed by atoms with van der Waals surface area (Å²) < 4.78 is 18.5. The van der Waals surface area contributed by atoms with Crippen molar-refractivity contribution in [3.63, 3.8) is 0 Å². The molecular weight excluding hydrogens is 430 g/mol.